The van der Waals surface area contributed by atoms with Crippen LogP contribution in [-0.2, 0) is 23.9 Å². The van der Waals surface area contributed by atoms with Gasteiger partial charge in [0.25, 0.3) is 5.91 Å². The average Bonchev–Trinajstić information content (AvgIpc) is 3.47. The Balaban J connectivity index is 1.76. The smallest absolute Gasteiger partial charge is 0.312 e. The number of fused-ring (bicyclic) bond motifs is 1. The second-order valence-electron chi connectivity index (χ2n) is 11.3. The Hall–Kier alpha value is -2.97. The molecule has 0 radical (unpaired) electrons. The van der Waals surface area contributed by atoms with Crippen LogP contribution < -0.4 is 4.90 Å². The molecule has 2 amide bonds. The standard InChI is InChI=1S/C31H42N2O6/c1-6-8-19-38-29(37)25-24-27(35)33(17-10-9-11-18-34)26(31(24)15-14-30(25,5)39-31)28(36)32(16-7-2)23-20-21(3)12-13-22(23)4/h6-7,12-13,20,24-26,34H,1-2,8-11,14-19H2,3-5H3/t24-,25+,26?,30-,31?/m0/s1. The van der Waals surface area contributed by atoms with Gasteiger partial charge >= 0.3 is 5.97 Å². The lowest BCUT2D eigenvalue weighted by Crippen LogP contribution is -2.56. The highest BCUT2D eigenvalue weighted by Crippen LogP contribution is 2.63. The highest BCUT2D eigenvalue weighted by atomic mass is 16.6. The van der Waals surface area contributed by atoms with Gasteiger partial charge in [0.2, 0.25) is 5.91 Å². The van der Waals surface area contributed by atoms with Crippen LogP contribution in [0.5, 0.6) is 0 Å². The average molecular weight is 539 g/mol. The molecule has 0 aliphatic carbocycles. The number of anilines is 1. The number of benzene rings is 1. The van der Waals surface area contributed by atoms with Crippen LogP contribution in [0.25, 0.3) is 0 Å². The topological polar surface area (TPSA) is 96.4 Å². The number of likely N-dealkylation sites (tertiary alicyclic amines) is 1. The number of carbonyl (C=O) groups excluding carboxylic acids is 3. The van der Waals surface area contributed by atoms with Crippen LogP contribution in [-0.4, -0.2) is 71.3 Å². The number of amides is 2. The minimum atomic E-state index is -1.11. The maximum absolute atomic E-state index is 14.6. The van der Waals surface area contributed by atoms with Crippen LogP contribution >= 0.6 is 0 Å². The summed E-state index contributed by atoms with van der Waals surface area (Å²) < 4.78 is 12.3. The fourth-order valence-electron chi connectivity index (χ4n) is 6.80. The van der Waals surface area contributed by atoms with Crippen molar-refractivity contribution in [1.29, 1.82) is 0 Å². The first-order chi connectivity index (χ1) is 18.6. The number of ether oxygens (including phenoxy) is 2. The van der Waals surface area contributed by atoms with Crippen molar-refractivity contribution in [3.8, 4) is 0 Å². The number of nitrogens with zero attached hydrogens (tertiary/aromatic N) is 2. The van der Waals surface area contributed by atoms with Crippen molar-refractivity contribution in [1.82, 2.24) is 4.90 Å². The molecule has 0 saturated carbocycles. The van der Waals surface area contributed by atoms with E-state index in [-0.39, 0.29) is 31.6 Å². The Morgan fingerprint density at radius 1 is 1.21 bits per heavy atom. The monoisotopic (exact) mass is 538 g/mol. The molecule has 3 saturated heterocycles. The second-order valence-corrected chi connectivity index (χ2v) is 11.3. The van der Waals surface area contributed by atoms with Gasteiger partial charge in [-0.05, 0) is 76.5 Å². The summed E-state index contributed by atoms with van der Waals surface area (Å²) in [7, 11) is 0. The lowest BCUT2D eigenvalue weighted by molar-refractivity contribution is -0.159. The number of aliphatic hydroxyl groups excluding tert-OH is 1. The Bertz CT molecular complexity index is 1130. The molecule has 2 unspecified atom stereocenters. The summed E-state index contributed by atoms with van der Waals surface area (Å²) in [5.74, 6) is -2.49. The van der Waals surface area contributed by atoms with Gasteiger partial charge in [-0.2, -0.15) is 0 Å². The molecule has 5 atom stereocenters. The fourth-order valence-corrected chi connectivity index (χ4v) is 6.80. The number of esters is 1. The zero-order chi connectivity index (χ0) is 28.4. The third kappa shape index (κ3) is 5.05. The quantitative estimate of drug-likeness (QED) is 0.233. The third-order valence-electron chi connectivity index (χ3n) is 8.62. The molecule has 39 heavy (non-hydrogen) atoms. The normalized spacial score (nSPS) is 28.9. The third-order valence-corrected chi connectivity index (χ3v) is 8.62. The number of hydrogen-bond acceptors (Lipinski definition) is 6. The summed E-state index contributed by atoms with van der Waals surface area (Å²) >= 11 is 0. The highest BCUT2D eigenvalue weighted by Gasteiger charge is 2.78. The van der Waals surface area contributed by atoms with E-state index in [0.717, 1.165) is 23.2 Å². The minimum Gasteiger partial charge on any atom is -0.465 e. The Morgan fingerprint density at radius 3 is 2.67 bits per heavy atom. The zero-order valence-corrected chi connectivity index (χ0v) is 23.5. The van der Waals surface area contributed by atoms with E-state index in [4.69, 9.17) is 9.47 Å². The van der Waals surface area contributed by atoms with Crippen LogP contribution in [0.4, 0.5) is 5.69 Å². The summed E-state index contributed by atoms with van der Waals surface area (Å²) in [6.07, 6.45) is 6.93. The molecule has 1 aromatic rings. The van der Waals surface area contributed by atoms with Gasteiger partial charge in [0, 0.05) is 25.4 Å². The largest absolute Gasteiger partial charge is 0.465 e. The van der Waals surface area contributed by atoms with E-state index in [1.807, 2.05) is 39.0 Å². The number of aliphatic hydroxyl groups is 1. The number of hydrogen-bond donors (Lipinski definition) is 1. The van der Waals surface area contributed by atoms with Gasteiger partial charge in [0.05, 0.1) is 18.1 Å². The summed E-state index contributed by atoms with van der Waals surface area (Å²) in [5.41, 5.74) is 0.738. The predicted octanol–water partition coefficient (Wildman–Crippen LogP) is 3.87. The summed E-state index contributed by atoms with van der Waals surface area (Å²) in [4.78, 5) is 45.5. The van der Waals surface area contributed by atoms with Crippen molar-refractivity contribution in [2.75, 3.05) is 31.2 Å². The second kappa shape index (κ2) is 11.6. The van der Waals surface area contributed by atoms with E-state index in [1.54, 1.807) is 22.0 Å². The first-order valence-corrected chi connectivity index (χ1v) is 14.0. The molecule has 8 nitrogen and oxygen atoms in total. The van der Waals surface area contributed by atoms with E-state index in [9.17, 15) is 19.5 Å². The lowest BCUT2D eigenvalue weighted by Gasteiger charge is -2.37. The van der Waals surface area contributed by atoms with Crippen LogP contribution in [0, 0.1) is 25.7 Å². The Kier molecular flexibility index (Phi) is 8.66. The Labute approximate surface area is 231 Å². The van der Waals surface area contributed by atoms with Gasteiger partial charge in [0.15, 0.2) is 0 Å². The molecule has 1 N–H and O–H groups in total. The van der Waals surface area contributed by atoms with Gasteiger partial charge < -0.3 is 24.4 Å². The molecule has 3 heterocycles. The maximum atomic E-state index is 14.6. The van der Waals surface area contributed by atoms with Gasteiger partial charge in [-0.15, -0.1) is 13.2 Å². The van der Waals surface area contributed by atoms with Crippen molar-refractivity contribution < 1.29 is 29.0 Å². The number of rotatable bonds is 13. The maximum Gasteiger partial charge on any atom is 0.312 e. The van der Waals surface area contributed by atoms with E-state index < -0.39 is 35.0 Å². The van der Waals surface area contributed by atoms with Crippen LogP contribution in [0.15, 0.2) is 43.5 Å². The molecule has 0 aromatic heterocycles. The van der Waals surface area contributed by atoms with Crippen LogP contribution in [0.2, 0.25) is 0 Å². The van der Waals surface area contributed by atoms with Gasteiger partial charge in [-0.25, -0.2) is 0 Å². The van der Waals surface area contributed by atoms with E-state index in [0.29, 0.717) is 38.6 Å². The minimum absolute atomic E-state index is 0.0721. The van der Waals surface area contributed by atoms with E-state index >= 15 is 0 Å². The van der Waals surface area contributed by atoms with Gasteiger partial charge in [-0.3, -0.25) is 14.4 Å². The van der Waals surface area contributed by atoms with E-state index in [1.165, 1.54) is 0 Å². The van der Waals surface area contributed by atoms with E-state index in [2.05, 4.69) is 13.2 Å². The summed E-state index contributed by atoms with van der Waals surface area (Å²) in [5, 5.41) is 9.26. The SMILES string of the molecule is C=CCCOC(=O)[C@H]1[C@H]2C(=O)N(CCCCCO)C(C(=O)N(CC=C)c3cc(C)ccc3C)C23CC[C@]1(C)O3. The molecule has 212 valence electrons. The van der Waals surface area contributed by atoms with Crippen molar-refractivity contribution >= 4 is 23.5 Å². The molecule has 8 heteroatoms. The van der Waals surface area contributed by atoms with Crippen LogP contribution in [0.3, 0.4) is 0 Å². The van der Waals surface area contributed by atoms with Crippen molar-refractivity contribution in [3.63, 3.8) is 0 Å². The van der Waals surface area contributed by atoms with Crippen LogP contribution in [0.1, 0.15) is 56.6 Å². The molecule has 3 fully saturated rings. The zero-order valence-electron chi connectivity index (χ0n) is 23.5. The number of carbonyl (C=O) groups is 3. The van der Waals surface area contributed by atoms with Gasteiger partial charge in [0.1, 0.15) is 17.6 Å². The first-order valence-electron chi connectivity index (χ1n) is 14.0. The molecule has 2 bridgehead atoms. The molecule has 4 rings (SSSR count). The molecular weight excluding hydrogens is 496 g/mol. The fraction of sp³-hybridized carbons (Fsp3) is 0.581. The molecule has 1 spiro atoms. The summed E-state index contributed by atoms with van der Waals surface area (Å²) in [6.45, 7) is 14.3. The number of aryl methyl sites for hydroxylation is 2. The predicted molar refractivity (Wildman–Crippen MR) is 149 cm³/mol. The number of unbranched alkanes of at least 4 members (excludes halogenated alkanes) is 2. The van der Waals surface area contributed by atoms with Crippen molar-refractivity contribution in [2.45, 2.75) is 76.5 Å². The molecule has 3 aliphatic rings. The van der Waals surface area contributed by atoms with Gasteiger partial charge in [-0.1, -0.05) is 24.3 Å². The summed E-state index contributed by atoms with van der Waals surface area (Å²) in [6, 6.07) is 5.08. The Morgan fingerprint density at radius 2 is 1.97 bits per heavy atom. The molecular formula is C31H42N2O6. The first kappa shape index (κ1) is 29.0. The lowest BCUT2D eigenvalue weighted by atomic mass is 9.66. The van der Waals surface area contributed by atoms with Crippen molar-refractivity contribution in [2.24, 2.45) is 11.8 Å². The van der Waals surface area contributed by atoms with Crippen molar-refractivity contribution in [3.05, 3.63) is 54.6 Å². The molecule has 1 aromatic carbocycles. The highest BCUT2D eigenvalue weighted by molar-refractivity contribution is 6.05. The molecule has 3 aliphatic heterocycles.